The topological polar surface area (TPSA) is 42.0 Å². The molecule has 0 aliphatic heterocycles. The van der Waals surface area contributed by atoms with Gasteiger partial charge in [0.2, 0.25) is 0 Å². The third-order valence-corrected chi connectivity index (χ3v) is 3.57. The van der Waals surface area contributed by atoms with Gasteiger partial charge in [0.1, 0.15) is 0 Å². The van der Waals surface area contributed by atoms with Gasteiger partial charge < -0.3 is 5.32 Å². The average Bonchev–Trinajstić information content (AvgIpc) is 3.22. The average molecular weight is 240 g/mol. The van der Waals surface area contributed by atoms with Crippen molar-refractivity contribution in [2.75, 3.05) is 0 Å². The fraction of sp³-hybridized carbons (Fsp3) is 0.333. The molecule has 3 heteroatoms. The van der Waals surface area contributed by atoms with Crippen LogP contribution in [0.25, 0.3) is 10.9 Å². The molecule has 1 aliphatic rings. The summed E-state index contributed by atoms with van der Waals surface area (Å²) in [5.41, 5.74) is 1.45. The Kier molecular flexibility index (Phi) is 2.74. The second kappa shape index (κ2) is 4.41. The molecule has 1 atom stereocenters. The van der Waals surface area contributed by atoms with Crippen molar-refractivity contribution in [1.82, 2.24) is 10.3 Å². The zero-order chi connectivity index (χ0) is 12.5. The molecular formula is C15H16N2O. The van der Waals surface area contributed by atoms with E-state index in [1.54, 1.807) is 6.20 Å². The lowest BCUT2D eigenvalue weighted by Crippen LogP contribution is -2.34. The van der Waals surface area contributed by atoms with E-state index in [4.69, 9.17) is 0 Å². The number of fused-ring (bicyclic) bond motifs is 1. The molecule has 0 radical (unpaired) electrons. The molecule has 0 spiro atoms. The molecule has 1 saturated carbocycles. The van der Waals surface area contributed by atoms with E-state index in [-0.39, 0.29) is 11.9 Å². The second-order valence-corrected chi connectivity index (χ2v) is 4.98. The molecule has 1 aliphatic carbocycles. The van der Waals surface area contributed by atoms with E-state index in [1.807, 2.05) is 30.3 Å². The molecule has 18 heavy (non-hydrogen) atoms. The summed E-state index contributed by atoms with van der Waals surface area (Å²) < 4.78 is 0. The Balaban J connectivity index is 1.90. The minimum atomic E-state index is -0.0151. The fourth-order valence-corrected chi connectivity index (χ4v) is 2.29. The minimum absolute atomic E-state index is 0.0151. The molecule has 0 unspecified atom stereocenters. The van der Waals surface area contributed by atoms with E-state index in [1.165, 1.54) is 12.8 Å². The number of benzene rings is 1. The highest BCUT2D eigenvalue weighted by molar-refractivity contribution is 6.05. The lowest BCUT2D eigenvalue weighted by atomic mass is 10.1. The van der Waals surface area contributed by atoms with E-state index in [0.717, 1.165) is 10.9 Å². The number of nitrogens with zero attached hydrogens (tertiary/aromatic N) is 1. The van der Waals surface area contributed by atoms with Crippen LogP contribution in [0.1, 0.15) is 30.1 Å². The summed E-state index contributed by atoms with van der Waals surface area (Å²) in [4.78, 5) is 16.6. The summed E-state index contributed by atoms with van der Waals surface area (Å²) in [7, 11) is 0. The first-order chi connectivity index (χ1) is 8.75. The maximum absolute atomic E-state index is 12.3. The Hall–Kier alpha value is -1.90. The molecule has 1 amide bonds. The van der Waals surface area contributed by atoms with Crippen LogP contribution in [0.15, 0.2) is 36.5 Å². The highest BCUT2D eigenvalue weighted by Gasteiger charge is 2.29. The lowest BCUT2D eigenvalue weighted by molar-refractivity contribution is 0.0937. The Bertz CT molecular complexity index is 585. The van der Waals surface area contributed by atoms with Crippen LogP contribution in [0.3, 0.4) is 0 Å². The Morgan fingerprint density at radius 2 is 2.11 bits per heavy atom. The number of pyridine rings is 1. The van der Waals surface area contributed by atoms with Crippen molar-refractivity contribution >= 4 is 16.8 Å². The summed E-state index contributed by atoms with van der Waals surface area (Å²) in [5.74, 6) is 0.649. The largest absolute Gasteiger partial charge is 0.349 e. The number of carbonyl (C=O) groups is 1. The first-order valence-corrected chi connectivity index (χ1v) is 6.40. The SMILES string of the molecule is C[C@H](NC(=O)c1cccc2cccnc12)C1CC1. The molecule has 0 bridgehead atoms. The predicted octanol–water partition coefficient (Wildman–Crippen LogP) is 2.76. The van der Waals surface area contributed by atoms with E-state index >= 15 is 0 Å². The summed E-state index contributed by atoms with van der Waals surface area (Å²) in [6, 6.07) is 9.84. The van der Waals surface area contributed by atoms with Crippen molar-refractivity contribution < 1.29 is 4.79 Å². The number of rotatable bonds is 3. The van der Waals surface area contributed by atoms with Crippen LogP contribution in [0.2, 0.25) is 0 Å². The minimum Gasteiger partial charge on any atom is -0.349 e. The van der Waals surface area contributed by atoms with Crippen LogP contribution in [0.4, 0.5) is 0 Å². The highest BCUT2D eigenvalue weighted by Crippen LogP contribution is 2.32. The van der Waals surface area contributed by atoms with Gasteiger partial charge in [-0.1, -0.05) is 18.2 Å². The van der Waals surface area contributed by atoms with Crippen LogP contribution < -0.4 is 5.32 Å². The molecule has 92 valence electrons. The van der Waals surface area contributed by atoms with E-state index in [9.17, 15) is 4.79 Å². The van der Waals surface area contributed by atoms with Crippen LogP contribution >= 0.6 is 0 Å². The van der Waals surface area contributed by atoms with Gasteiger partial charge >= 0.3 is 0 Å². The van der Waals surface area contributed by atoms with Crippen molar-refractivity contribution in [3.8, 4) is 0 Å². The second-order valence-electron chi connectivity index (χ2n) is 4.98. The molecule has 2 aromatic rings. The summed E-state index contributed by atoms with van der Waals surface area (Å²) >= 11 is 0. The zero-order valence-corrected chi connectivity index (χ0v) is 10.4. The molecule has 1 aromatic heterocycles. The van der Waals surface area contributed by atoms with E-state index in [2.05, 4.69) is 17.2 Å². The maximum atomic E-state index is 12.3. The quantitative estimate of drug-likeness (QED) is 0.896. The molecule has 0 saturated heterocycles. The van der Waals surface area contributed by atoms with Crippen LogP contribution in [0, 0.1) is 5.92 Å². The van der Waals surface area contributed by atoms with E-state index in [0.29, 0.717) is 11.5 Å². The molecule has 3 rings (SSSR count). The van der Waals surface area contributed by atoms with Gasteiger partial charge in [-0.3, -0.25) is 9.78 Å². The third kappa shape index (κ3) is 2.08. The van der Waals surface area contributed by atoms with E-state index < -0.39 is 0 Å². The van der Waals surface area contributed by atoms with Gasteiger partial charge in [-0.2, -0.15) is 0 Å². The van der Waals surface area contributed by atoms with Gasteiger partial charge in [-0.15, -0.1) is 0 Å². The van der Waals surface area contributed by atoms with Crippen LogP contribution in [-0.2, 0) is 0 Å². The Morgan fingerprint density at radius 1 is 1.33 bits per heavy atom. The van der Waals surface area contributed by atoms with Crippen LogP contribution in [-0.4, -0.2) is 16.9 Å². The number of hydrogen-bond acceptors (Lipinski definition) is 2. The molecule has 1 fully saturated rings. The number of para-hydroxylation sites is 1. The van der Waals surface area contributed by atoms with Crippen molar-refractivity contribution in [1.29, 1.82) is 0 Å². The molecule has 3 nitrogen and oxygen atoms in total. The maximum Gasteiger partial charge on any atom is 0.253 e. The summed E-state index contributed by atoms with van der Waals surface area (Å²) in [6.07, 6.45) is 4.19. The van der Waals surface area contributed by atoms with Gasteiger partial charge in [0.15, 0.2) is 0 Å². The molecule has 1 N–H and O–H groups in total. The number of nitrogens with one attached hydrogen (secondary N) is 1. The standard InChI is InChI=1S/C15H16N2O/c1-10(11-7-8-11)17-15(18)13-6-2-4-12-5-3-9-16-14(12)13/h2-6,9-11H,7-8H2,1H3,(H,17,18)/t10-/m0/s1. The highest BCUT2D eigenvalue weighted by atomic mass is 16.1. The fourth-order valence-electron chi connectivity index (χ4n) is 2.29. The van der Waals surface area contributed by atoms with Crippen molar-refractivity contribution in [3.63, 3.8) is 0 Å². The van der Waals surface area contributed by atoms with Crippen molar-refractivity contribution in [2.24, 2.45) is 5.92 Å². The molecular weight excluding hydrogens is 224 g/mol. The number of carbonyl (C=O) groups excluding carboxylic acids is 1. The van der Waals surface area contributed by atoms with Crippen molar-refractivity contribution in [3.05, 3.63) is 42.1 Å². The zero-order valence-electron chi connectivity index (χ0n) is 10.4. The Labute approximate surface area is 106 Å². The lowest BCUT2D eigenvalue weighted by Gasteiger charge is -2.13. The summed E-state index contributed by atoms with van der Waals surface area (Å²) in [6.45, 7) is 2.08. The van der Waals surface area contributed by atoms with Gasteiger partial charge in [0.25, 0.3) is 5.91 Å². The smallest absolute Gasteiger partial charge is 0.253 e. The van der Waals surface area contributed by atoms with Crippen LogP contribution in [0.5, 0.6) is 0 Å². The van der Waals surface area contributed by atoms with Gasteiger partial charge in [-0.25, -0.2) is 0 Å². The van der Waals surface area contributed by atoms with Gasteiger partial charge in [0.05, 0.1) is 11.1 Å². The first kappa shape index (κ1) is 11.2. The third-order valence-electron chi connectivity index (χ3n) is 3.57. The number of hydrogen-bond donors (Lipinski definition) is 1. The van der Waals surface area contributed by atoms with Gasteiger partial charge in [-0.05, 0) is 37.8 Å². The normalized spacial score (nSPS) is 16.5. The molecule has 1 heterocycles. The Morgan fingerprint density at radius 3 is 2.89 bits per heavy atom. The van der Waals surface area contributed by atoms with Gasteiger partial charge in [0, 0.05) is 17.6 Å². The molecule has 1 aromatic carbocycles. The first-order valence-electron chi connectivity index (χ1n) is 6.40. The summed E-state index contributed by atoms with van der Waals surface area (Å²) in [5, 5.41) is 4.08. The predicted molar refractivity (Wildman–Crippen MR) is 71.4 cm³/mol. The number of aromatic nitrogens is 1. The van der Waals surface area contributed by atoms with Crippen molar-refractivity contribution in [2.45, 2.75) is 25.8 Å². The number of amides is 1. The monoisotopic (exact) mass is 240 g/mol.